The zero-order chi connectivity index (χ0) is 12.3. The highest BCUT2D eigenvalue weighted by atomic mass is 79.9. The Bertz CT molecular complexity index is 405. The molecule has 0 spiro atoms. The van der Waals surface area contributed by atoms with Crippen molar-refractivity contribution in [2.75, 3.05) is 6.61 Å². The summed E-state index contributed by atoms with van der Waals surface area (Å²) >= 11 is 3.02. The molecule has 0 saturated carbocycles. The number of alkyl halides is 2. The molecule has 0 saturated heterocycles. The molecule has 0 aliphatic rings. The molecule has 0 aromatic heterocycles. The first-order chi connectivity index (χ1) is 7.49. The van der Waals surface area contributed by atoms with Crippen molar-refractivity contribution < 1.29 is 18.3 Å². The smallest absolute Gasteiger partial charge is 0.264 e. The van der Waals surface area contributed by atoms with E-state index in [0.29, 0.717) is 12.4 Å². The van der Waals surface area contributed by atoms with Gasteiger partial charge in [0, 0.05) is 10.0 Å². The van der Waals surface area contributed by atoms with Gasteiger partial charge in [-0.25, -0.2) is 8.78 Å². The quantitative estimate of drug-likeness (QED) is 0.785. The summed E-state index contributed by atoms with van der Waals surface area (Å²) in [4.78, 5) is 11.4. The van der Waals surface area contributed by atoms with Crippen molar-refractivity contribution in [1.82, 2.24) is 0 Å². The lowest BCUT2D eigenvalue weighted by Crippen LogP contribution is -2.04. The standard InChI is InChI=1S/C11H11BrF2O2/c1-3-16-8-5-4-7(11(13)14)10(12)9(8)6(2)15/h4-5,11H,3H2,1-2H3. The number of carbonyl (C=O) groups is 1. The van der Waals surface area contributed by atoms with Gasteiger partial charge >= 0.3 is 0 Å². The molecule has 2 nitrogen and oxygen atoms in total. The Kier molecular flexibility index (Phi) is 4.41. The van der Waals surface area contributed by atoms with Gasteiger partial charge in [-0.05, 0) is 41.9 Å². The monoisotopic (exact) mass is 292 g/mol. The van der Waals surface area contributed by atoms with Crippen molar-refractivity contribution >= 4 is 21.7 Å². The van der Waals surface area contributed by atoms with Crippen LogP contribution in [0.25, 0.3) is 0 Å². The minimum atomic E-state index is -2.62. The number of halogens is 3. The number of carbonyl (C=O) groups excluding carboxylic acids is 1. The summed E-state index contributed by atoms with van der Waals surface area (Å²) in [6.07, 6.45) is -2.62. The fourth-order valence-corrected chi connectivity index (χ4v) is 2.13. The maximum Gasteiger partial charge on any atom is 0.264 e. The van der Waals surface area contributed by atoms with E-state index in [1.165, 1.54) is 19.1 Å². The number of rotatable bonds is 4. The van der Waals surface area contributed by atoms with E-state index in [9.17, 15) is 13.6 Å². The van der Waals surface area contributed by atoms with Crippen LogP contribution >= 0.6 is 15.9 Å². The minimum Gasteiger partial charge on any atom is -0.493 e. The van der Waals surface area contributed by atoms with Gasteiger partial charge in [-0.1, -0.05) is 0 Å². The fourth-order valence-electron chi connectivity index (χ4n) is 1.35. The maximum atomic E-state index is 12.6. The highest BCUT2D eigenvalue weighted by Gasteiger charge is 2.20. The second-order valence-electron chi connectivity index (χ2n) is 3.13. The predicted molar refractivity (Wildman–Crippen MR) is 60.3 cm³/mol. The zero-order valence-corrected chi connectivity index (χ0v) is 10.5. The molecule has 0 radical (unpaired) electrons. The summed E-state index contributed by atoms with van der Waals surface area (Å²) in [5, 5.41) is 0. The molecule has 0 aliphatic heterocycles. The largest absolute Gasteiger partial charge is 0.493 e. The normalized spacial score (nSPS) is 10.6. The average molecular weight is 293 g/mol. The maximum absolute atomic E-state index is 12.6. The number of hydrogen-bond acceptors (Lipinski definition) is 2. The Hall–Kier alpha value is -0.970. The SMILES string of the molecule is CCOc1ccc(C(F)F)c(Br)c1C(C)=O. The van der Waals surface area contributed by atoms with Crippen molar-refractivity contribution in [2.45, 2.75) is 20.3 Å². The van der Waals surface area contributed by atoms with Crippen molar-refractivity contribution in [1.29, 1.82) is 0 Å². The van der Waals surface area contributed by atoms with Gasteiger partial charge in [0.1, 0.15) is 5.75 Å². The zero-order valence-electron chi connectivity index (χ0n) is 8.89. The van der Waals surface area contributed by atoms with Crippen LogP contribution in [-0.2, 0) is 0 Å². The van der Waals surface area contributed by atoms with Crippen molar-refractivity contribution in [2.24, 2.45) is 0 Å². The summed E-state index contributed by atoms with van der Waals surface area (Å²) in [5.41, 5.74) is -0.0340. The summed E-state index contributed by atoms with van der Waals surface area (Å²) in [6.45, 7) is 3.46. The van der Waals surface area contributed by atoms with Gasteiger partial charge in [0.15, 0.2) is 5.78 Å². The van der Waals surface area contributed by atoms with Crippen molar-refractivity contribution in [3.63, 3.8) is 0 Å². The lowest BCUT2D eigenvalue weighted by molar-refractivity contribution is 0.101. The van der Waals surface area contributed by atoms with Crippen LogP contribution in [0, 0.1) is 0 Å². The molecule has 0 fully saturated rings. The molecule has 16 heavy (non-hydrogen) atoms. The summed E-state index contributed by atoms with van der Waals surface area (Å²) in [7, 11) is 0. The van der Waals surface area contributed by atoms with Crippen LogP contribution in [0.15, 0.2) is 16.6 Å². The Morgan fingerprint density at radius 2 is 2.12 bits per heavy atom. The molecule has 0 amide bonds. The first kappa shape index (κ1) is 13.1. The third kappa shape index (κ3) is 2.58. The molecule has 1 rings (SSSR count). The van der Waals surface area contributed by atoms with E-state index < -0.39 is 6.43 Å². The molecule has 0 heterocycles. The second kappa shape index (κ2) is 5.39. The van der Waals surface area contributed by atoms with Crippen molar-refractivity contribution in [3.8, 4) is 5.75 Å². The molecule has 0 unspecified atom stereocenters. The van der Waals surface area contributed by atoms with E-state index in [2.05, 4.69) is 15.9 Å². The van der Waals surface area contributed by atoms with Gasteiger partial charge in [-0.3, -0.25) is 4.79 Å². The molecule has 5 heteroatoms. The van der Waals surface area contributed by atoms with Crippen LogP contribution in [0.2, 0.25) is 0 Å². The lowest BCUT2D eigenvalue weighted by atomic mass is 10.1. The molecule has 88 valence electrons. The second-order valence-corrected chi connectivity index (χ2v) is 3.92. The van der Waals surface area contributed by atoms with Crippen LogP contribution in [0.4, 0.5) is 8.78 Å². The van der Waals surface area contributed by atoms with Crippen LogP contribution in [0.1, 0.15) is 36.2 Å². The predicted octanol–water partition coefficient (Wildman–Crippen LogP) is 3.99. The van der Waals surface area contributed by atoms with Gasteiger partial charge in [0.2, 0.25) is 0 Å². The number of Topliss-reactive ketones (excluding diaryl/α,β-unsaturated/α-hetero) is 1. The highest BCUT2D eigenvalue weighted by Crippen LogP contribution is 2.35. The number of hydrogen-bond donors (Lipinski definition) is 0. The molecule has 0 atom stereocenters. The molecule has 1 aromatic carbocycles. The topological polar surface area (TPSA) is 26.3 Å². The van der Waals surface area contributed by atoms with E-state index in [1.54, 1.807) is 6.92 Å². The molecular weight excluding hydrogens is 282 g/mol. The Morgan fingerprint density at radius 3 is 2.56 bits per heavy atom. The fraction of sp³-hybridized carbons (Fsp3) is 0.364. The van der Waals surface area contributed by atoms with Gasteiger partial charge < -0.3 is 4.74 Å². The molecule has 0 bridgehead atoms. The van der Waals surface area contributed by atoms with Crippen LogP contribution in [-0.4, -0.2) is 12.4 Å². The molecular formula is C11H11BrF2O2. The van der Waals surface area contributed by atoms with E-state index in [0.717, 1.165) is 0 Å². The third-order valence-electron chi connectivity index (χ3n) is 2.02. The minimum absolute atomic E-state index is 0.112. The van der Waals surface area contributed by atoms with Crippen LogP contribution in [0.3, 0.4) is 0 Å². The first-order valence-corrected chi connectivity index (χ1v) is 5.52. The Morgan fingerprint density at radius 1 is 1.50 bits per heavy atom. The van der Waals surface area contributed by atoms with E-state index in [4.69, 9.17) is 4.74 Å². The summed E-state index contributed by atoms with van der Waals surface area (Å²) < 4.78 is 30.5. The highest BCUT2D eigenvalue weighted by molar-refractivity contribution is 9.10. The average Bonchev–Trinajstić information content (AvgIpc) is 2.17. The molecule has 1 aromatic rings. The van der Waals surface area contributed by atoms with E-state index in [1.807, 2.05) is 0 Å². The van der Waals surface area contributed by atoms with Crippen LogP contribution in [0.5, 0.6) is 5.75 Å². The van der Waals surface area contributed by atoms with Gasteiger partial charge in [0.05, 0.1) is 12.2 Å². The van der Waals surface area contributed by atoms with Gasteiger partial charge in [-0.15, -0.1) is 0 Å². The van der Waals surface area contributed by atoms with Crippen molar-refractivity contribution in [3.05, 3.63) is 27.7 Å². The van der Waals surface area contributed by atoms with Gasteiger partial charge in [0.25, 0.3) is 6.43 Å². The lowest BCUT2D eigenvalue weighted by Gasteiger charge is -2.12. The summed E-state index contributed by atoms with van der Waals surface area (Å²) in [6, 6.07) is 2.65. The van der Waals surface area contributed by atoms with Crippen LogP contribution < -0.4 is 4.74 Å². The van der Waals surface area contributed by atoms with E-state index in [-0.39, 0.29) is 21.4 Å². The Balaban J connectivity index is 3.35. The van der Waals surface area contributed by atoms with Gasteiger partial charge in [-0.2, -0.15) is 0 Å². The number of ether oxygens (including phenoxy) is 1. The first-order valence-electron chi connectivity index (χ1n) is 4.73. The summed E-state index contributed by atoms with van der Waals surface area (Å²) in [5.74, 6) is 0.0177. The Labute approximate surface area is 101 Å². The molecule has 0 N–H and O–H groups in total. The number of benzene rings is 1. The molecule has 0 aliphatic carbocycles. The third-order valence-corrected chi connectivity index (χ3v) is 2.87. The van der Waals surface area contributed by atoms with E-state index >= 15 is 0 Å². The number of ketones is 1.